The first-order valence-corrected chi connectivity index (χ1v) is 6.45. The van der Waals surface area contributed by atoms with Gasteiger partial charge >= 0.3 is 0 Å². The van der Waals surface area contributed by atoms with Crippen molar-refractivity contribution in [2.24, 2.45) is 0 Å². The van der Waals surface area contributed by atoms with E-state index in [1.54, 1.807) is 0 Å². The number of hydrogen-bond acceptors (Lipinski definition) is 1. The van der Waals surface area contributed by atoms with Crippen LogP contribution in [0, 0.1) is 0 Å². The number of aliphatic hydroxyl groups excluding tert-OH is 1. The van der Waals surface area contributed by atoms with Crippen molar-refractivity contribution < 1.29 is 5.11 Å². The Morgan fingerprint density at radius 1 is 0.938 bits per heavy atom. The van der Waals surface area contributed by atoms with Gasteiger partial charge in [-0.25, -0.2) is 0 Å². The van der Waals surface area contributed by atoms with Gasteiger partial charge < -0.3 is 5.11 Å². The fraction of sp³-hybridized carbons (Fsp3) is 0.0769. The van der Waals surface area contributed by atoms with E-state index in [9.17, 15) is 5.11 Å². The number of halogens is 2. The normalized spacial score (nSPS) is 12.4. The first-order chi connectivity index (χ1) is 7.68. The van der Waals surface area contributed by atoms with Crippen molar-refractivity contribution in [2.75, 3.05) is 0 Å². The topological polar surface area (TPSA) is 20.2 Å². The SMILES string of the molecule is OC(c1cccc(Br)c1)c1ccccc1Br. The van der Waals surface area contributed by atoms with Crippen molar-refractivity contribution in [3.8, 4) is 0 Å². The summed E-state index contributed by atoms with van der Waals surface area (Å²) in [7, 11) is 0. The molecule has 2 rings (SSSR count). The van der Waals surface area contributed by atoms with Crippen molar-refractivity contribution in [1.29, 1.82) is 0 Å². The van der Waals surface area contributed by atoms with Gasteiger partial charge in [0.2, 0.25) is 0 Å². The van der Waals surface area contributed by atoms with Gasteiger partial charge in [-0.2, -0.15) is 0 Å². The third-order valence-electron chi connectivity index (χ3n) is 2.36. The van der Waals surface area contributed by atoms with E-state index in [-0.39, 0.29) is 0 Å². The first-order valence-electron chi connectivity index (χ1n) is 4.86. The van der Waals surface area contributed by atoms with Gasteiger partial charge in [-0.05, 0) is 29.3 Å². The van der Waals surface area contributed by atoms with E-state index in [0.717, 1.165) is 20.1 Å². The second-order valence-electron chi connectivity index (χ2n) is 3.48. The van der Waals surface area contributed by atoms with Crippen molar-refractivity contribution >= 4 is 31.9 Å². The smallest absolute Gasteiger partial charge is 0.105 e. The standard InChI is InChI=1S/C13H10Br2O/c14-10-5-3-4-9(8-10)13(16)11-6-1-2-7-12(11)15/h1-8,13,16H. The van der Waals surface area contributed by atoms with Gasteiger partial charge in [-0.3, -0.25) is 0 Å². The fourth-order valence-corrected chi connectivity index (χ4v) is 2.47. The molecule has 0 spiro atoms. The van der Waals surface area contributed by atoms with Crippen LogP contribution in [0.15, 0.2) is 57.5 Å². The predicted molar refractivity (Wildman–Crippen MR) is 72.3 cm³/mol. The maximum atomic E-state index is 10.2. The second-order valence-corrected chi connectivity index (χ2v) is 5.25. The van der Waals surface area contributed by atoms with Crippen LogP contribution in [0.3, 0.4) is 0 Å². The molecule has 0 radical (unpaired) electrons. The molecule has 0 bridgehead atoms. The number of aliphatic hydroxyl groups is 1. The van der Waals surface area contributed by atoms with Crippen LogP contribution in [0.25, 0.3) is 0 Å². The largest absolute Gasteiger partial charge is 0.384 e. The summed E-state index contributed by atoms with van der Waals surface area (Å²) in [6.45, 7) is 0. The lowest BCUT2D eigenvalue weighted by atomic mass is 10.0. The molecule has 0 aromatic heterocycles. The molecule has 1 N–H and O–H groups in total. The zero-order chi connectivity index (χ0) is 11.5. The molecule has 3 heteroatoms. The molecule has 1 unspecified atom stereocenters. The van der Waals surface area contributed by atoms with Gasteiger partial charge in [0.25, 0.3) is 0 Å². The molecule has 2 aromatic carbocycles. The van der Waals surface area contributed by atoms with E-state index in [4.69, 9.17) is 0 Å². The molecule has 0 aliphatic heterocycles. The Balaban J connectivity index is 2.39. The van der Waals surface area contributed by atoms with Crippen LogP contribution in [0.4, 0.5) is 0 Å². The summed E-state index contributed by atoms with van der Waals surface area (Å²) in [6, 6.07) is 15.4. The summed E-state index contributed by atoms with van der Waals surface area (Å²) in [5, 5.41) is 10.2. The molecule has 0 heterocycles. The zero-order valence-electron chi connectivity index (χ0n) is 8.40. The second kappa shape index (κ2) is 5.13. The summed E-state index contributed by atoms with van der Waals surface area (Å²) < 4.78 is 1.89. The minimum Gasteiger partial charge on any atom is -0.384 e. The summed E-state index contributed by atoms with van der Waals surface area (Å²) in [5.41, 5.74) is 1.75. The Bertz CT molecular complexity index is 497. The van der Waals surface area contributed by atoms with E-state index >= 15 is 0 Å². The Hall–Kier alpha value is -0.640. The minimum atomic E-state index is -0.604. The van der Waals surface area contributed by atoms with E-state index < -0.39 is 6.10 Å². The van der Waals surface area contributed by atoms with Gasteiger partial charge in [0.05, 0.1) is 0 Å². The number of hydrogen-bond donors (Lipinski definition) is 1. The third-order valence-corrected chi connectivity index (χ3v) is 3.58. The molecule has 0 amide bonds. The first kappa shape index (κ1) is 11.8. The van der Waals surface area contributed by atoms with Gasteiger partial charge in [0.15, 0.2) is 0 Å². The Morgan fingerprint density at radius 2 is 1.69 bits per heavy atom. The zero-order valence-corrected chi connectivity index (χ0v) is 11.6. The maximum absolute atomic E-state index is 10.2. The average Bonchev–Trinajstić information content (AvgIpc) is 2.29. The predicted octanol–water partition coefficient (Wildman–Crippen LogP) is 4.29. The maximum Gasteiger partial charge on any atom is 0.105 e. The van der Waals surface area contributed by atoms with Crippen LogP contribution in [-0.2, 0) is 0 Å². The van der Waals surface area contributed by atoms with Crippen LogP contribution >= 0.6 is 31.9 Å². The molecule has 0 aliphatic rings. The Morgan fingerprint density at radius 3 is 2.38 bits per heavy atom. The van der Waals surface area contributed by atoms with Crippen LogP contribution in [0.2, 0.25) is 0 Å². The van der Waals surface area contributed by atoms with Crippen LogP contribution < -0.4 is 0 Å². The average molecular weight is 342 g/mol. The lowest BCUT2D eigenvalue weighted by Gasteiger charge is -2.13. The molecule has 1 nitrogen and oxygen atoms in total. The lowest BCUT2D eigenvalue weighted by Crippen LogP contribution is -2.00. The monoisotopic (exact) mass is 340 g/mol. The van der Waals surface area contributed by atoms with E-state index in [0.29, 0.717) is 0 Å². The molecule has 0 saturated heterocycles. The molecular formula is C13H10Br2O. The van der Waals surface area contributed by atoms with E-state index in [1.165, 1.54) is 0 Å². The van der Waals surface area contributed by atoms with Gasteiger partial charge in [-0.15, -0.1) is 0 Å². The molecule has 0 saturated carbocycles. The molecule has 82 valence electrons. The molecule has 1 atom stereocenters. The number of benzene rings is 2. The molecule has 0 aliphatic carbocycles. The van der Waals surface area contributed by atoms with E-state index in [2.05, 4.69) is 31.9 Å². The Kier molecular flexibility index (Phi) is 3.79. The fourth-order valence-electron chi connectivity index (χ4n) is 1.55. The molecular weight excluding hydrogens is 332 g/mol. The van der Waals surface area contributed by atoms with Crippen molar-refractivity contribution in [3.63, 3.8) is 0 Å². The minimum absolute atomic E-state index is 0.604. The van der Waals surface area contributed by atoms with Crippen LogP contribution in [0.1, 0.15) is 17.2 Å². The van der Waals surface area contributed by atoms with Crippen molar-refractivity contribution in [1.82, 2.24) is 0 Å². The lowest BCUT2D eigenvalue weighted by molar-refractivity contribution is 0.219. The summed E-state index contributed by atoms with van der Waals surface area (Å²) >= 11 is 6.84. The van der Waals surface area contributed by atoms with Crippen LogP contribution in [0.5, 0.6) is 0 Å². The highest BCUT2D eigenvalue weighted by Gasteiger charge is 2.12. The van der Waals surface area contributed by atoms with Gasteiger partial charge in [-0.1, -0.05) is 62.2 Å². The highest BCUT2D eigenvalue weighted by molar-refractivity contribution is 9.10. The highest BCUT2D eigenvalue weighted by atomic mass is 79.9. The molecule has 2 aromatic rings. The quantitative estimate of drug-likeness (QED) is 0.863. The van der Waals surface area contributed by atoms with E-state index in [1.807, 2.05) is 48.5 Å². The molecule has 16 heavy (non-hydrogen) atoms. The van der Waals surface area contributed by atoms with Gasteiger partial charge in [0.1, 0.15) is 6.10 Å². The Labute approximate surface area is 111 Å². The third kappa shape index (κ3) is 2.54. The van der Waals surface area contributed by atoms with Crippen LogP contribution in [-0.4, -0.2) is 5.11 Å². The molecule has 0 fully saturated rings. The summed E-state index contributed by atoms with van der Waals surface area (Å²) in [5.74, 6) is 0. The number of rotatable bonds is 2. The van der Waals surface area contributed by atoms with Crippen molar-refractivity contribution in [2.45, 2.75) is 6.10 Å². The summed E-state index contributed by atoms with van der Waals surface area (Å²) in [4.78, 5) is 0. The summed E-state index contributed by atoms with van der Waals surface area (Å²) in [6.07, 6.45) is -0.604. The van der Waals surface area contributed by atoms with Crippen molar-refractivity contribution in [3.05, 3.63) is 68.6 Å². The highest BCUT2D eigenvalue weighted by Crippen LogP contribution is 2.29. The van der Waals surface area contributed by atoms with Gasteiger partial charge in [0, 0.05) is 8.95 Å².